The average Bonchev–Trinajstić information content (AvgIpc) is 2.72. The highest BCUT2D eigenvalue weighted by atomic mass is 32.2. The normalized spacial score (nSPS) is 12.4. The number of hydrogen-bond donors (Lipinski definition) is 3. The Bertz CT molecular complexity index is 1310. The molecule has 0 bridgehead atoms. The zero-order chi connectivity index (χ0) is 24.6. The maximum atomic E-state index is 13.5. The molecule has 33 heavy (non-hydrogen) atoms. The van der Waals surface area contributed by atoms with Crippen molar-refractivity contribution in [3.8, 4) is 11.4 Å². The van der Waals surface area contributed by atoms with Crippen molar-refractivity contribution in [1.29, 1.82) is 0 Å². The number of nitrogens with two attached hydrogens (primary N) is 2. The SMILES string of the molecule is CC(C)(c1cc(N)nc(-c2ccc(NC(N)=O)cc2)n1)S(=O)(=O)c1ccccc1C(F)(F)F. The zero-order valence-corrected chi connectivity index (χ0v) is 18.3. The van der Waals surface area contributed by atoms with E-state index in [1.165, 1.54) is 38.1 Å². The quantitative estimate of drug-likeness (QED) is 0.506. The van der Waals surface area contributed by atoms with E-state index in [0.717, 1.165) is 12.1 Å². The third-order valence-corrected chi connectivity index (χ3v) is 7.42. The van der Waals surface area contributed by atoms with Gasteiger partial charge in [0.25, 0.3) is 0 Å². The number of alkyl halides is 3. The molecule has 0 spiro atoms. The van der Waals surface area contributed by atoms with Gasteiger partial charge in [-0.2, -0.15) is 13.2 Å². The molecule has 0 fully saturated rings. The molecule has 8 nitrogen and oxygen atoms in total. The molecule has 0 atom stereocenters. The maximum Gasteiger partial charge on any atom is 0.417 e. The Labute approximate surface area is 187 Å². The number of anilines is 2. The summed E-state index contributed by atoms with van der Waals surface area (Å²) in [6.45, 7) is 2.50. The summed E-state index contributed by atoms with van der Waals surface area (Å²) in [6, 6.07) is 10.6. The molecular formula is C21H20F3N5O3S. The number of nitrogens with one attached hydrogen (secondary N) is 1. The lowest BCUT2D eigenvalue weighted by Gasteiger charge is -2.26. The Morgan fingerprint density at radius 2 is 1.61 bits per heavy atom. The molecule has 3 aromatic rings. The van der Waals surface area contributed by atoms with Crippen LogP contribution in [-0.2, 0) is 20.8 Å². The highest BCUT2D eigenvalue weighted by molar-refractivity contribution is 7.92. The molecule has 1 heterocycles. The summed E-state index contributed by atoms with van der Waals surface area (Å²) < 4.78 is 65.3. The molecule has 2 aromatic carbocycles. The van der Waals surface area contributed by atoms with Crippen LogP contribution in [0.25, 0.3) is 11.4 Å². The monoisotopic (exact) mass is 479 g/mol. The largest absolute Gasteiger partial charge is 0.417 e. The van der Waals surface area contributed by atoms with Crippen molar-refractivity contribution in [3.63, 3.8) is 0 Å². The van der Waals surface area contributed by atoms with Crippen LogP contribution in [0.15, 0.2) is 59.5 Å². The number of benzene rings is 2. The smallest absolute Gasteiger partial charge is 0.384 e. The number of carbonyl (C=O) groups excluding carboxylic acids is 1. The van der Waals surface area contributed by atoms with E-state index in [1.807, 2.05) is 0 Å². The van der Waals surface area contributed by atoms with E-state index < -0.39 is 37.3 Å². The number of hydrogen-bond acceptors (Lipinski definition) is 6. The van der Waals surface area contributed by atoms with Crippen molar-refractivity contribution >= 4 is 27.4 Å². The van der Waals surface area contributed by atoms with Gasteiger partial charge in [0.15, 0.2) is 15.7 Å². The summed E-state index contributed by atoms with van der Waals surface area (Å²) in [4.78, 5) is 18.5. The van der Waals surface area contributed by atoms with Crippen molar-refractivity contribution in [2.24, 2.45) is 5.73 Å². The molecule has 0 saturated heterocycles. The van der Waals surface area contributed by atoms with Gasteiger partial charge in [-0.05, 0) is 50.2 Å². The summed E-state index contributed by atoms with van der Waals surface area (Å²) >= 11 is 0. The van der Waals surface area contributed by atoms with E-state index in [9.17, 15) is 26.4 Å². The molecule has 2 amide bonds. The number of carbonyl (C=O) groups is 1. The van der Waals surface area contributed by atoms with E-state index >= 15 is 0 Å². The van der Waals surface area contributed by atoms with Gasteiger partial charge in [-0.3, -0.25) is 0 Å². The molecule has 0 saturated carbocycles. The summed E-state index contributed by atoms with van der Waals surface area (Å²) in [5, 5.41) is 2.39. The summed E-state index contributed by atoms with van der Waals surface area (Å²) in [7, 11) is -4.57. The minimum absolute atomic E-state index is 0.0583. The van der Waals surface area contributed by atoms with Crippen molar-refractivity contribution in [3.05, 3.63) is 65.9 Å². The van der Waals surface area contributed by atoms with Gasteiger partial charge in [-0.1, -0.05) is 12.1 Å². The number of primary amides is 1. The van der Waals surface area contributed by atoms with Crippen LogP contribution in [0.2, 0.25) is 0 Å². The zero-order valence-electron chi connectivity index (χ0n) is 17.5. The van der Waals surface area contributed by atoms with Crippen LogP contribution >= 0.6 is 0 Å². The fraction of sp³-hybridized carbons (Fsp3) is 0.190. The van der Waals surface area contributed by atoms with Gasteiger partial charge in [0.05, 0.1) is 16.2 Å². The van der Waals surface area contributed by atoms with E-state index in [0.29, 0.717) is 17.3 Å². The Kier molecular flexibility index (Phi) is 6.07. The topological polar surface area (TPSA) is 141 Å². The molecule has 5 N–H and O–H groups in total. The lowest BCUT2D eigenvalue weighted by molar-refractivity contribution is -0.139. The first-order valence-corrected chi connectivity index (χ1v) is 10.9. The highest BCUT2D eigenvalue weighted by Gasteiger charge is 2.45. The lowest BCUT2D eigenvalue weighted by atomic mass is 10.1. The summed E-state index contributed by atoms with van der Waals surface area (Å²) in [6.07, 6.45) is -4.86. The predicted molar refractivity (Wildman–Crippen MR) is 117 cm³/mol. The second-order valence-electron chi connectivity index (χ2n) is 7.58. The molecule has 0 aliphatic rings. The van der Waals surface area contributed by atoms with Gasteiger partial charge < -0.3 is 16.8 Å². The van der Waals surface area contributed by atoms with Gasteiger partial charge in [0, 0.05) is 17.3 Å². The number of urea groups is 1. The number of rotatable bonds is 5. The Hall–Kier alpha value is -3.67. The van der Waals surface area contributed by atoms with E-state index in [-0.39, 0.29) is 17.3 Å². The number of halogens is 3. The third-order valence-electron chi connectivity index (χ3n) is 4.93. The molecule has 0 aliphatic carbocycles. The van der Waals surface area contributed by atoms with Crippen LogP contribution in [0.1, 0.15) is 25.1 Å². The number of nitrogens with zero attached hydrogens (tertiary/aromatic N) is 2. The van der Waals surface area contributed by atoms with Crippen molar-refractivity contribution in [2.75, 3.05) is 11.1 Å². The molecule has 0 unspecified atom stereocenters. The van der Waals surface area contributed by atoms with Crippen LogP contribution in [0, 0.1) is 0 Å². The second kappa shape index (κ2) is 8.35. The standard InChI is InChI=1S/C21H20F3N5O3S/c1-20(2,33(31,32)15-6-4-3-5-14(15)21(22,23)24)16-11-17(25)29-18(28-16)12-7-9-13(10-8-12)27-19(26)30/h3-11H,1-2H3,(H2,25,28,29)(H3,26,27,30). The maximum absolute atomic E-state index is 13.5. The van der Waals surface area contributed by atoms with Crippen LogP contribution in [0.5, 0.6) is 0 Å². The molecule has 0 aliphatic heterocycles. The summed E-state index contributed by atoms with van der Waals surface area (Å²) in [5.41, 5.74) is 10.4. The van der Waals surface area contributed by atoms with Crippen molar-refractivity contribution in [1.82, 2.24) is 9.97 Å². The molecule has 1 aromatic heterocycles. The number of nitrogen functional groups attached to an aromatic ring is 1. The van der Waals surface area contributed by atoms with E-state index in [4.69, 9.17) is 11.5 Å². The molecule has 0 radical (unpaired) electrons. The van der Waals surface area contributed by atoms with Crippen LogP contribution < -0.4 is 16.8 Å². The van der Waals surface area contributed by atoms with Gasteiger partial charge in [-0.25, -0.2) is 23.2 Å². The fourth-order valence-corrected chi connectivity index (χ4v) is 4.76. The molecular weight excluding hydrogens is 459 g/mol. The van der Waals surface area contributed by atoms with E-state index in [1.54, 1.807) is 12.1 Å². The van der Waals surface area contributed by atoms with E-state index in [2.05, 4.69) is 15.3 Å². The predicted octanol–water partition coefficient (Wildman–Crippen LogP) is 3.94. The number of aromatic nitrogens is 2. The summed E-state index contributed by atoms with van der Waals surface area (Å²) in [5.74, 6) is -0.00951. The fourth-order valence-electron chi connectivity index (χ4n) is 3.10. The first kappa shape index (κ1) is 24.0. The van der Waals surface area contributed by atoms with Crippen molar-refractivity contribution in [2.45, 2.75) is 29.7 Å². The number of amides is 2. The van der Waals surface area contributed by atoms with Crippen LogP contribution in [0.4, 0.5) is 29.5 Å². The minimum atomic E-state index is -4.86. The second-order valence-corrected chi connectivity index (χ2v) is 10.0. The van der Waals surface area contributed by atoms with Gasteiger partial charge in [-0.15, -0.1) is 0 Å². The Morgan fingerprint density at radius 3 is 2.18 bits per heavy atom. The lowest BCUT2D eigenvalue weighted by Crippen LogP contribution is -2.32. The average molecular weight is 479 g/mol. The van der Waals surface area contributed by atoms with Crippen molar-refractivity contribution < 1.29 is 26.4 Å². The van der Waals surface area contributed by atoms with Crippen LogP contribution in [0.3, 0.4) is 0 Å². The third kappa shape index (κ3) is 4.75. The highest BCUT2D eigenvalue weighted by Crippen LogP contribution is 2.41. The molecule has 174 valence electrons. The van der Waals surface area contributed by atoms with Gasteiger partial charge in [0.2, 0.25) is 0 Å². The molecule has 12 heteroatoms. The minimum Gasteiger partial charge on any atom is -0.384 e. The van der Waals surface area contributed by atoms with Gasteiger partial charge in [0.1, 0.15) is 10.6 Å². The molecule has 3 rings (SSSR count). The van der Waals surface area contributed by atoms with Crippen LogP contribution in [-0.4, -0.2) is 24.4 Å². The Balaban J connectivity index is 2.10. The first-order valence-electron chi connectivity index (χ1n) is 9.46. The number of sulfone groups is 1. The Morgan fingerprint density at radius 1 is 1.00 bits per heavy atom. The van der Waals surface area contributed by atoms with Gasteiger partial charge >= 0.3 is 12.2 Å². The first-order chi connectivity index (χ1) is 15.2.